The first-order chi connectivity index (χ1) is 16.0. The van der Waals surface area contributed by atoms with Crippen LogP contribution in [0.4, 0.5) is 4.79 Å². The van der Waals surface area contributed by atoms with Crippen LogP contribution in [0.25, 0.3) is 17.0 Å². The summed E-state index contributed by atoms with van der Waals surface area (Å²) < 4.78 is 2.20. The molecule has 0 unspecified atom stereocenters. The van der Waals surface area contributed by atoms with Crippen molar-refractivity contribution in [3.8, 4) is 0 Å². The molecule has 3 aromatic carbocycles. The molecule has 2 heterocycles. The molecule has 1 fully saturated rings. The second kappa shape index (κ2) is 8.75. The summed E-state index contributed by atoms with van der Waals surface area (Å²) in [5, 5.41) is 0.838. The highest BCUT2D eigenvalue weighted by Gasteiger charge is 2.35. The molecule has 0 bridgehead atoms. The summed E-state index contributed by atoms with van der Waals surface area (Å²) >= 11 is 1.01. The summed E-state index contributed by atoms with van der Waals surface area (Å²) in [7, 11) is 0. The van der Waals surface area contributed by atoms with Crippen LogP contribution in [0.1, 0.15) is 27.8 Å². The lowest BCUT2D eigenvalue weighted by Crippen LogP contribution is -2.27. The smallest absolute Gasteiger partial charge is 0.293 e. The number of imide groups is 1. The number of hydrogen-bond donors (Lipinski definition) is 0. The van der Waals surface area contributed by atoms with E-state index >= 15 is 0 Å². The van der Waals surface area contributed by atoms with Crippen LogP contribution in [0, 0.1) is 13.8 Å². The van der Waals surface area contributed by atoms with Crippen LogP contribution in [-0.4, -0.2) is 20.6 Å². The van der Waals surface area contributed by atoms with Crippen LogP contribution < -0.4 is 0 Å². The van der Waals surface area contributed by atoms with Gasteiger partial charge in [0.05, 0.1) is 11.4 Å². The van der Waals surface area contributed by atoms with Gasteiger partial charge in [-0.05, 0) is 48.9 Å². The summed E-state index contributed by atoms with van der Waals surface area (Å²) in [6.07, 6.45) is 3.92. The minimum Gasteiger partial charge on any atom is -0.342 e. The Morgan fingerprint density at radius 2 is 1.39 bits per heavy atom. The van der Waals surface area contributed by atoms with Gasteiger partial charge in [-0.3, -0.25) is 14.5 Å². The molecular weight excluding hydrogens is 428 g/mol. The number of hydrogen-bond acceptors (Lipinski definition) is 3. The largest absolute Gasteiger partial charge is 0.342 e. The van der Waals surface area contributed by atoms with Crippen LogP contribution >= 0.6 is 11.8 Å². The Kier molecular flexibility index (Phi) is 5.65. The Morgan fingerprint density at radius 3 is 2.06 bits per heavy atom. The fourth-order valence-electron chi connectivity index (χ4n) is 4.06. The van der Waals surface area contributed by atoms with E-state index in [0.29, 0.717) is 4.91 Å². The van der Waals surface area contributed by atoms with Gasteiger partial charge in [-0.15, -0.1) is 0 Å². The number of rotatable bonds is 5. The standard InChI is InChI=1S/C28H24N2O2S/c1-19-7-11-21(12-8-19)16-29-18-23(24-5-3-4-6-25(24)29)15-26-27(31)30(28(32)33-26)17-22-13-9-20(2)10-14-22/h3-15,18H,16-17H2,1-2H3/b26-15-. The van der Waals surface area contributed by atoms with E-state index in [-0.39, 0.29) is 17.7 Å². The van der Waals surface area contributed by atoms with Gasteiger partial charge in [0, 0.05) is 29.2 Å². The maximum atomic E-state index is 13.1. The zero-order valence-corrected chi connectivity index (χ0v) is 19.4. The molecule has 1 aliphatic heterocycles. The quantitative estimate of drug-likeness (QED) is 0.323. The number of carbonyl (C=O) groups excluding carboxylic acids is 2. The maximum absolute atomic E-state index is 13.1. The number of thioether (sulfide) groups is 1. The molecule has 1 aromatic heterocycles. The molecule has 4 nitrogen and oxygen atoms in total. The highest BCUT2D eigenvalue weighted by molar-refractivity contribution is 8.18. The molecule has 0 saturated carbocycles. The number of aromatic nitrogens is 1. The van der Waals surface area contributed by atoms with Crippen molar-refractivity contribution in [3.05, 3.63) is 112 Å². The Labute approximate surface area is 197 Å². The van der Waals surface area contributed by atoms with E-state index in [4.69, 9.17) is 0 Å². The zero-order chi connectivity index (χ0) is 22.9. The number of benzene rings is 3. The molecule has 0 spiro atoms. The summed E-state index contributed by atoms with van der Waals surface area (Å²) in [5.74, 6) is -0.235. The molecule has 1 saturated heterocycles. The van der Waals surface area contributed by atoms with Gasteiger partial charge in [0.15, 0.2) is 0 Å². The average Bonchev–Trinajstić information content (AvgIpc) is 3.29. The van der Waals surface area contributed by atoms with Crippen molar-refractivity contribution >= 4 is 39.9 Å². The van der Waals surface area contributed by atoms with Crippen molar-refractivity contribution in [3.63, 3.8) is 0 Å². The lowest BCUT2D eigenvalue weighted by molar-refractivity contribution is -0.123. The van der Waals surface area contributed by atoms with E-state index in [9.17, 15) is 9.59 Å². The zero-order valence-electron chi connectivity index (χ0n) is 18.6. The summed E-state index contributed by atoms with van der Waals surface area (Å²) in [6, 6.07) is 24.6. The molecular formula is C28H24N2O2S. The molecule has 2 amide bonds. The fraction of sp³-hybridized carbons (Fsp3) is 0.143. The predicted molar refractivity (Wildman–Crippen MR) is 135 cm³/mol. The Balaban J connectivity index is 1.45. The van der Waals surface area contributed by atoms with Crippen molar-refractivity contribution in [2.24, 2.45) is 0 Å². The molecule has 0 atom stereocenters. The molecule has 1 aliphatic rings. The van der Waals surface area contributed by atoms with Crippen molar-refractivity contribution < 1.29 is 9.59 Å². The van der Waals surface area contributed by atoms with Gasteiger partial charge >= 0.3 is 0 Å². The molecule has 0 N–H and O–H groups in total. The monoisotopic (exact) mass is 452 g/mol. The topological polar surface area (TPSA) is 42.3 Å². The van der Waals surface area contributed by atoms with Gasteiger partial charge in [0.1, 0.15) is 0 Å². The van der Waals surface area contributed by atoms with Crippen molar-refractivity contribution in [2.75, 3.05) is 0 Å². The van der Waals surface area contributed by atoms with Crippen LogP contribution in [-0.2, 0) is 17.9 Å². The summed E-state index contributed by atoms with van der Waals surface area (Å²) in [6.45, 7) is 5.13. The third kappa shape index (κ3) is 4.37. The van der Waals surface area contributed by atoms with E-state index in [1.54, 1.807) is 0 Å². The average molecular weight is 453 g/mol. The van der Waals surface area contributed by atoms with Gasteiger partial charge in [-0.1, -0.05) is 77.9 Å². The third-order valence-electron chi connectivity index (χ3n) is 5.91. The van der Waals surface area contributed by atoms with Crippen molar-refractivity contribution in [2.45, 2.75) is 26.9 Å². The molecule has 0 aliphatic carbocycles. The lowest BCUT2D eigenvalue weighted by Gasteiger charge is -2.12. The molecule has 0 radical (unpaired) electrons. The Bertz CT molecular complexity index is 1380. The van der Waals surface area contributed by atoms with Crippen LogP contribution in [0.2, 0.25) is 0 Å². The van der Waals surface area contributed by atoms with E-state index in [2.05, 4.69) is 54.1 Å². The third-order valence-corrected chi connectivity index (χ3v) is 6.82. The molecule has 5 rings (SSSR count). The molecule has 164 valence electrons. The highest BCUT2D eigenvalue weighted by Crippen LogP contribution is 2.35. The second-order valence-electron chi connectivity index (χ2n) is 8.47. The van der Waals surface area contributed by atoms with Gasteiger partial charge in [-0.25, -0.2) is 0 Å². The number of fused-ring (bicyclic) bond motifs is 1. The second-order valence-corrected chi connectivity index (χ2v) is 9.46. The SMILES string of the molecule is Cc1ccc(CN2C(=O)S/C(=C\c3cn(Cc4ccc(C)cc4)c4ccccc34)C2=O)cc1. The Morgan fingerprint density at radius 1 is 0.788 bits per heavy atom. The predicted octanol–water partition coefficient (Wildman–Crippen LogP) is 6.54. The summed E-state index contributed by atoms with van der Waals surface area (Å²) in [4.78, 5) is 27.5. The van der Waals surface area contributed by atoms with Crippen LogP contribution in [0.15, 0.2) is 83.9 Å². The highest BCUT2D eigenvalue weighted by atomic mass is 32.2. The fourth-order valence-corrected chi connectivity index (χ4v) is 4.89. The molecule has 33 heavy (non-hydrogen) atoms. The van der Waals surface area contributed by atoms with Gasteiger partial charge in [-0.2, -0.15) is 0 Å². The van der Waals surface area contributed by atoms with E-state index < -0.39 is 0 Å². The minimum atomic E-state index is -0.235. The number of aryl methyl sites for hydroxylation is 2. The number of para-hydroxylation sites is 1. The number of nitrogens with zero attached hydrogens (tertiary/aromatic N) is 2. The van der Waals surface area contributed by atoms with Crippen molar-refractivity contribution in [1.82, 2.24) is 9.47 Å². The van der Waals surface area contributed by atoms with Gasteiger partial charge < -0.3 is 4.57 Å². The normalized spacial score (nSPS) is 15.2. The van der Waals surface area contributed by atoms with Gasteiger partial charge in [0.2, 0.25) is 0 Å². The van der Waals surface area contributed by atoms with Crippen LogP contribution in [0.3, 0.4) is 0 Å². The number of amides is 2. The molecule has 5 heteroatoms. The first-order valence-corrected chi connectivity index (χ1v) is 11.7. The maximum Gasteiger partial charge on any atom is 0.293 e. The lowest BCUT2D eigenvalue weighted by atomic mass is 10.1. The minimum absolute atomic E-state index is 0.227. The molecule has 4 aromatic rings. The first-order valence-electron chi connectivity index (χ1n) is 10.9. The Hall–Kier alpha value is -3.57. The number of carbonyl (C=O) groups is 2. The van der Waals surface area contributed by atoms with E-state index in [1.165, 1.54) is 16.0 Å². The van der Waals surface area contributed by atoms with Gasteiger partial charge in [0.25, 0.3) is 11.1 Å². The first kappa shape index (κ1) is 21.3. The van der Waals surface area contributed by atoms with E-state index in [1.807, 2.05) is 49.4 Å². The van der Waals surface area contributed by atoms with Crippen molar-refractivity contribution in [1.29, 1.82) is 0 Å². The summed E-state index contributed by atoms with van der Waals surface area (Å²) in [5.41, 5.74) is 6.58. The van der Waals surface area contributed by atoms with E-state index in [0.717, 1.165) is 45.9 Å². The van der Waals surface area contributed by atoms with Crippen LogP contribution in [0.5, 0.6) is 0 Å².